The first-order chi connectivity index (χ1) is 15.3. The Morgan fingerprint density at radius 2 is 1.75 bits per heavy atom. The lowest BCUT2D eigenvalue weighted by Gasteiger charge is -2.07. The van der Waals surface area contributed by atoms with Crippen molar-refractivity contribution in [1.29, 1.82) is 5.26 Å². The van der Waals surface area contributed by atoms with E-state index >= 15 is 0 Å². The van der Waals surface area contributed by atoms with Crippen LogP contribution in [0, 0.1) is 11.3 Å². The molecule has 0 spiro atoms. The Bertz CT molecular complexity index is 1520. The van der Waals surface area contributed by atoms with Crippen LogP contribution in [0.5, 0.6) is 0 Å². The highest BCUT2D eigenvalue weighted by molar-refractivity contribution is 7.91. The van der Waals surface area contributed by atoms with Gasteiger partial charge in [-0.15, -0.1) is 0 Å². The number of sulfonamides is 1. The smallest absolute Gasteiger partial charge is 0.264 e. The van der Waals surface area contributed by atoms with E-state index in [2.05, 4.69) is 9.71 Å². The quantitative estimate of drug-likeness (QED) is 0.447. The summed E-state index contributed by atoms with van der Waals surface area (Å²) < 4.78 is 56.2. The van der Waals surface area contributed by atoms with Crippen molar-refractivity contribution in [3.05, 3.63) is 90.4 Å². The second-order valence-corrected chi connectivity index (χ2v) is 10.5. The zero-order valence-corrected chi connectivity index (χ0v) is 18.3. The number of hydrogen-bond donors (Lipinski definition) is 1. The lowest BCUT2D eigenvalue weighted by atomic mass is 10.1. The molecule has 2 aromatic heterocycles. The van der Waals surface area contributed by atoms with Crippen LogP contribution in [0.1, 0.15) is 11.1 Å². The van der Waals surface area contributed by atoms with Crippen molar-refractivity contribution in [2.24, 2.45) is 0 Å². The Labute approximate surface area is 185 Å². The van der Waals surface area contributed by atoms with Crippen molar-refractivity contribution in [2.75, 3.05) is 6.54 Å². The fraction of sp³-hybridized carbons (Fsp3) is 0.0909. The third-order valence-electron chi connectivity index (χ3n) is 4.90. The van der Waals surface area contributed by atoms with Gasteiger partial charge in [0.25, 0.3) is 10.0 Å². The fourth-order valence-electron chi connectivity index (χ4n) is 3.38. The van der Waals surface area contributed by atoms with E-state index in [1.165, 1.54) is 30.3 Å². The first kappa shape index (κ1) is 21.7. The minimum Gasteiger partial charge on any atom is -0.264 e. The standard InChI is InChI=1S/C22H18N4O4S2/c23-14-18-7-4-10-20-22(18)21(16-26(20)32(29,30)19-8-2-1-3-9-19)31(27,28)25-13-11-17-6-5-12-24-15-17/h1-10,12,15-16,25H,11,13H2. The van der Waals surface area contributed by atoms with Gasteiger partial charge in [-0.25, -0.2) is 25.5 Å². The Morgan fingerprint density at radius 3 is 2.44 bits per heavy atom. The maximum absolute atomic E-state index is 13.2. The lowest BCUT2D eigenvalue weighted by molar-refractivity contribution is 0.582. The van der Waals surface area contributed by atoms with Crippen molar-refractivity contribution < 1.29 is 16.8 Å². The number of hydrogen-bond acceptors (Lipinski definition) is 6. The molecule has 0 unspecified atom stereocenters. The molecule has 0 bridgehead atoms. The molecule has 4 aromatic rings. The summed E-state index contributed by atoms with van der Waals surface area (Å²) in [5.74, 6) is 0. The number of nitrogens with one attached hydrogen (secondary N) is 1. The molecule has 0 aliphatic carbocycles. The number of rotatable bonds is 7. The maximum atomic E-state index is 13.2. The van der Waals surface area contributed by atoms with Gasteiger partial charge in [0, 0.05) is 30.5 Å². The van der Waals surface area contributed by atoms with Gasteiger partial charge in [-0.1, -0.05) is 30.3 Å². The molecule has 0 saturated carbocycles. The van der Waals surface area contributed by atoms with Crippen LogP contribution in [-0.4, -0.2) is 32.3 Å². The predicted molar refractivity (Wildman–Crippen MR) is 119 cm³/mol. The number of pyridine rings is 1. The van der Waals surface area contributed by atoms with Gasteiger partial charge in [0.1, 0.15) is 4.90 Å². The molecule has 0 fully saturated rings. The molecule has 0 amide bonds. The normalized spacial score (nSPS) is 12.0. The second-order valence-electron chi connectivity index (χ2n) is 6.93. The average molecular weight is 467 g/mol. The van der Waals surface area contributed by atoms with E-state index in [9.17, 15) is 22.1 Å². The van der Waals surface area contributed by atoms with Crippen LogP contribution in [-0.2, 0) is 26.5 Å². The van der Waals surface area contributed by atoms with Crippen LogP contribution in [0.3, 0.4) is 0 Å². The predicted octanol–water partition coefficient (Wildman–Crippen LogP) is 2.67. The van der Waals surface area contributed by atoms with Gasteiger partial charge >= 0.3 is 0 Å². The SMILES string of the molecule is N#Cc1cccc2c1c(S(=O)(=O)NCCc1cccnc1)cn2S(=O)(=O)c1ccccc1. The summed E-state index contributed by atoms with van der Waals surface area (Å²) in [6.07, 6.45) is 4.72. The molecule has 32 heavy (non-hydrogen) atoms. The highest BCUT2D eigenvalue weighted by atomic mass is 32.2. The largest absolute Gasteiger partial charge is 0.268 e. The Hall–Kier alpha value is -3.52. The Kier molecular flexibility index (Phi) is 5.80. The van der Waals surface area contributed by atoms with Crippen molar-refractivity contribution in [3.63, 3.8) is 0 Å². The summed E-state index contributed by atoms with van der Waals surface area (Å²) in [4.78, 5) is 3.74. The minimum absolute atomic E-state index is 0.00717. The van der Waals surface area contributed by atoms with Gasteiger partial charge in [-0.05, 0) is 42.3 Å². The third kappa shape index (κ3) is 4.01. The first-order valence-corrected chi connectivity index (χ1v) is 12.5. The summed E-state index contributed by atoms with van der Waals surface area (Å²) >= 11 is 0. The summed E-state index contributed by atoms with van der Waals surface area (Å²) in [6.45, 7) is 0.0842. The van der Waals surface area contributed by atoms with E-state index in [1.807, 2.05) is 12.1 Å². The van der Waals surface area contributed by atoms with Crippen molar-refractivity contribution in [3.8, 4) is 6.07 Å². The monoisotopic (exact) mass is 466 g/mol. The van der Waals surface area contributed by atoms with E-state index < -0.39 is 20.0 Å². The number of fused-ring (bicyclic) bond motifs is 1. The molecule has 4 rings (SSSR count). The Morgan fingerprint density at radius 1 is 0.969 bits per heavy atom. The second kappa shape index (κ2) is 8.55. The number of nitrogens with zero attached hydrogens (tertiary/aromatic N) is 3. The first-order valence-electron chi connectivity index (χ1n) is 9.58. The summed E-state index contributed by atoms with van der Waals surface area (Å²) in [7, 11) is -8.20. The topological polar surface area (TPSA) is 122 Å². The summed E-state index contributed by atoms with van der Waals surface area (Å²) in [5, 5.41) is 9.61. The van der Waals surface area contributed by atoms with Crippen molar-refractivity contribution in [1.82, 2.24) is 13.7 Å². The maximum Gasteiger partial charge on any atom is 0.268 e. The number of nitriles is 1. The number of aromatic nitrogens is 2. The molecule has 1 N–H and O–H groups in total. The van der Waals surface area contributed by atoms with Crippen LogP contribution in [0.2, 0.25) is 0 Å². The summed E-state index contributed by atoms with van der Waals surface area (Å²) in [6, 6.07) is 17.7. The minimum atomic E-state index is -4.12. The van der Waals surface area contributed by atoms with Gasteiger partial charge in [0.05, 0.1) is 22.0 Å². The molecule has 0 radical (unpaired) electrons. The number of benzene rings is 2. The van der Waals surface area contributed by atoms with E-state index in [4.69, 9.17) is 0 Å². The van der Waals surface area contributed by atoms with Gasteiger partial charge in [0.15, 0.2) is 0 Å². The molecular formula is C22H18N4O4S2. The third-order valence-corrected chi connectivity index (χ3v) is 8.06. The molecule has 0 aliphatic heterocycles. The molecular weight excluding hydrogens is 448 g/mol. The van der Waals surface area contributed by atoms with E-state index in [1.54, 1.807) is 36.7 Å². The molecule has 162 valence electrons. The Balaban J connectivity index is 1.80. The zero-order valence-electron chi connectivity index (χ0n) is 16.7. The fourth-order valence-corrected chi connectivity index (χ4v) is 6.08. The zero-order chi connectivity index (χ0) is 22.8. The van der Waals surface area contributed by atoms with E-state index in [0.717, 1.165) is 15.7 Å². The highest BCUT2D eigenvalue weighted by Gasteiger charge is 2.28. The highest BCUT2D eigenvalue weighted by Crippen LogP contribution is 2.31. The van der Waals surface area contributed by atoms with E-state index in [-0.39, 0.29) is 32.8 Å². The molecule has 2 heterocycles. The van der Waals surface area contributed by atoms with Crippen LogP contribution < -0.4 is 4.72 Å². The van der Waals surface area contributed by atoms with Crippen LogP contribution in [0.15, 0.2) is 89.0 Å². The molecule has 10 heteroatoms. The molecule has 0 atom stereocenters. The lowest BCUT2D eigenvalue weighted by Crippen LogP contribution is -2.26. The van der Waals surface area contributed by atoms with Crippen molar-refractivity contribution in [2.45, 2.75) is 16.2 Å². The van der Waals surface area contributed by atoms with Crippen LogP contribution in [0.25, 0.3) is 10.9 Å². The summed E-state index contributed by atoms with van der Waals surface area (Å²) in [5.41, 5.74) is 1.03. The van der Waals surface area contributed by atoms with Crippen molar-refractivity contribution >= 4 is 30.9 Å². The average Bonchev–Trinajstić information content (AvgIpc) is 3.22. The van der Waals surface area contributed by atoms with Crippen LogP contribution in [0.4, 0.5) is 0 Å². The van der Waals surface area contributed by atoms with Gasteiger partial charge < -0.3 is 0 Å². The molecule has 8 nitrogen and oxygen atoms in total. The molecule has 0 aliphatic rings. The van der Waals surface area contributed by atoms with Gasteiger partial charge in [-0.3, -0.25) is 4.98 Å². The van der Waals surface area contributed by atoms with Gasteiger partial charge in [-0.2, -0.15) is 5.26 Å². The molecule has 0 saturated heterocycles. The molecule has 2 aromatic carbocycles. The van der Waals surface area contributed by atoms with E-state index in [0.29, 0.717) is 6.42 Å². The van der Waals surface area contributed by atoms with Crippen LogP contribution >= 0.6 is 0 Å². The van der Waals surface area contributed by atoms with Gasteiger partial charge in [0.2, 0.25) is 10.0 Å².